The zero-order valence-electron chi connectivity index (χ0n) is 12.5. The van der Waals surface area contributed by atoms with E-state index in [2.05, 4.69) is 5.32 Å². The molecule has 0 aliphatic carbocycles. The number of hydrogen-bond donors (Lipinski definition) is 1. The number of carbonyl (C=O) groups excluding carboxylic acids is 1. The van der Waals surface area contributed by atoms with Crippen molar-refractivity contribution in [1.29, 1.82) is 0 Å². The van der Waals surface area contributed by atoms with Crippen molar-refractivity contribution in [2.24, 2.45) is 0 Å². The van der Waals surface area contributed by atoms with Crippen molar-refractivity contribution in [2.45, 2.75) is 19.6 Å². The van der Waals surface area contributed by atoms with Gasteiger partial charge in [0, 0.05) is 6.54 Å². The molecule has 0 saturated heterocycles. The SMILES string of the molecule is COc1ccc(OC(C)C(=O)NCc2ccc(F)cc2)cc1. The molecular formula is C17H18FNO3. The molecule has 0 bridgehead atoms. The smallest absolute Gasteiger partial charge is 0.261 e. The van der Waals surface area contributed by atoms with Gasteiger partial charge in [0.05, 0.1) is 7.11 Å². The summed E-state index contributed by atoms with van der Waals surface area (Å²) in [6.45, 7) is 2.00. The fourth-order valence-corrected chi connectivity index (χ4v) is 1.85. The number of benzene rings is 2. The molecular weight excluding hydrogens is 285 g/mol. The van der Waals surface area contributed by atoms with E-state index in [0.29, 0.717) is 12.3 Å². The second-order valence-corrected chi connectivity index (χ2v) is 4.78. The first-order valence-electron chi connectivity index (χ1n) is 6.91. The highest BCUT2D eigenvalue weighted by atomic mass is 19.1. The van der Waals surface area contributed by atoms with E-state index in [1.165, 1.54) is 12.1 Å². The lowest BCUT2D eigenvalue weighted by atomic mass is 10.2. The van der Waals surface area contributed by atoms with Crippen molar-refractivity contribution in [3.63, 3.8) is 0 Å². The second-order valence-electron chi connectivity index (χ2n) is 4.78. The standard InChI is InChI=1S/C17H18FNO3/c1-12(22-16-9-7-15(21-2)8-10-16)17(20)19-11-13-3-5-14(18)6-4-13/h3-10,12H,11H2,1-2H3,(H,19,20). The molecule has 0 fully saturated rings. The highest BCUT2D eigenvalue weighted by Crippen LogP contribution is 2.18. The predicted molar refractivity (Wildman–Crippen MR) is 81.3 cm³/mol. The molecule has 5 heteroatoms. The van der Waals surface area contributed by atoms with Crippen LogP contribution in [-0.2, 0) is 11.3 Å². The molecule has 0 aliphatic heterocycles. The zero-order chi connectivity index (χ0) is 15.9. The lowest BCUT2D eigenvalue weighted by Gasteiger charge is -2.15. The average molecular weight is 303 g/mol. The number of amides is 1. The number of rotatable bonds is 6. The van der Waals surface area contributed by atoms with Gasteiger partial charge in [-0.25, -0.2) is 4.39 Å². The number of nitrogens with one attached hydrogen (secondary N) is 1. The van der Waals surface area contributed by atoms with Crippen LogP contribution in [0.1, 0.15) is 12.5 Å². The molecule has 2 aromatic rings. The van der Waals surface area contributed by atoms with Gasteiger partial charge >= 0.3 is 0 Å². The molecule has 1 amide bonds. The van der Waals surface area contributed by atoms with E-state index in [9.17, 15) is 9.18 Å². The third-order valence-corrected chi connectivity index (χ3v) is 3.12. The Morgan fingerprint density at radius 2 is 1.68 bits per heavy atom. The maximum atomic E-state index is 12.8. The van der Waals surface area contributed by atoms with Gasteiger partial charge in [-0.2, -0.15) is 0 Å². The van der Waals surface area contributed by atoms with E-state index in [1.54, 1.807) is 50.4 Å². The summed E-state index contributed by atoms with van der Waals surface area (Å²) in [6.07, 6.45) is -0.631. The molecule has 116 valence electrons. The van der Waals surface area contributed by atoms with Crippen LogP contribution in [0.15, 0.2) is 48.5 Å². The quantitative estimate of drug-likeness (QED) is 0.892. The van der Waals surface area contributed by atoms with Crippen molar-refractivity contribution in [3.8, 4) is 11.5 Å². The largest absolute Gasteiger partial charge is 0.497 e. The maximum Gasteiger partial charge on any atom is 0.261 e. The average Bonchev–Trinajstić information content (AvgIpc) is 2.54. The van der Waals surface area contributed by atoms with Crippen LogP contribution in [0, 0.1) is 5.82 Å². The van der Waals surface area contributed by atoms with E-state index in [1.807, 2.05) is 0 Å². The first-order chi connectivity index (χ1) is 10.6. The Balaban J connectivity index is 1.84. The molecule has 0 saturated carbocycles. The van der Waals surface area contributed by atoms with Gasteiger partial charge in [0.25, 0.3) is 5.91 Å². The van der Waals surface area contributed by atoms with E-state index in [-0.39, 0.29) is 11.7 Å². The van der Waals surface area contributed by atoms with Gasteiger partial charge in [-0.1, -0.05) is 12.1 Å². The zero-order valence-corrected chi connectivity index (χ0v) is 12.5. The number of carbonyl (C=O) groups is 1. The maximum absolute atomic E-state index is 12.8. The van der Waals surface area contributed by atoms with Gasteiger partial charge in [0.1, 0.15) is 17.3 Å². The molecule has 2 rings (SSSR count). The first kappa shape index (κ1) is 15.8. The monoisotopic (exact) mass is 303 g/mol. The summed E-state index contributed by atoms with van der Waals surface area (Å²) >= 11 is 0. The van der Waals surface area contributed by atoms with Crippen LogP contribution in [0.5, 0.6) is 11.5 Å². The van der Waals surface area contributed by atoms with Crippen LogP contribution in [0.4, 0.5) is 4.39 Å². The second kappa shape index (κ2) is 7.45. The Kier molecular flexibility index (Phi) is 5.36. The van der Waals surface area contributed by atoms with Crippen molar-refractivity contribution in [3.05, 3.63) is 59.9 Å². The lowest BCUT2D eigenvalue weighted by molar-refractivity contribution is -0.127. The summed E-state index contributed by atoms with van der Waals surface area (Å²) in [5, 5.41) is 2.75. The number of hydrogen-bond acceptors (Lipinski definition) is 3. The van der Waals surface area contributed by atoms with Crippen molar-refractivity contribution in [2.75, 3.05) is 7.11 Å². The molecule has 0 heterocycles. The topological polar surface area (TPSA) is 47.6 Å². The fraction of sp³-hybridized carbons (Fsp3) is 0.235. The van der Waals surface area contributed by atoms with Crippen molar-refractivity contribution >= 4 is 5.91 Å². The predicted octanol–water partition coefficient (Wildman–Crippen LogP) is 2.92. The molecule has 2 aromatic carbocycles. The number of halogens is 1. The van der Waals surface area contributed by atoms with Gasteiger partial charge in [0.2, 0.25) is 0 Å². The normalized spacial score (nSPS) is 11.6. The van der Waals surface area contributed by atoms with Crippen LogP contribution < -0.4 is 14.8 Å². The summed E-state index contributed by atoms with van der Waals surface area (Å²) < 4.78 is 23.4. The summed E-state index contributed by atoms with van der Waals surface area (Å²) in [6, 6.07) is 13.0. The third kappa shape index (κ3) is 4.48. The van der Waals surface area contributed by atoms with Crippen LogP contribution in [-0.4, -0.2) is 19.1 Å². The van der Waals surface area contributed by atoms with Crippen LogP contribution in [0.25, 0.3) is 0 Å². The van der Waals surface area contributed by atoms with Crippen molar-refractivity contribution in [1.82, 2.24) is 5.32 Å². The van der Waals surface area contributed by atoms with E-state index in [4.69, 9.17) is 9.47 Å². The van der Waals surface area contributed by atoms with Gasteiger partial charge in [-0.3, -0.25) is 4.79 Å². The van der Waals surface area contributed by atoms with E-state index >= 15 is 0 Å². The third-order valence-electron chi connectivity index (χ3n) is 3.12. The van der Waals surface area contributed by atoms with Gasteiger partial charge in [0.15, 0.2) is 6.10 Å². The molecule has 0 radical (unpaired) electrons. The van der Waals surface area contributed by atoms with Crippen LogP contribution in [0.2, 0.25) is 0 Å². The summed E-state index contributed by atoms with van der Waals surface area (Å²) in [5.74, 6) is 0.775. The summed E-state index contributed by atoms with van der Waals surface area (Å²) in [5.41, 5.74) is 0.825. The molecule has 0 spiro atoms. The lowest BCUT2D eigenvalue weighted by Crippen LogP contribution is -2.35. The highest BCUT2D eigenvalue weighted by Gasteiger charge is 2.14. The van der Waals surface area contributed by atoms with E-state index < -0.39 is 6.10 Å². The molecule has 1 atom stereocenters. The molecule has 0 aromatic heterocycles. The van der Waals surface area contributed by atoms with Gasteiger partial charge < -0.3 is 14.8 Å². The molecule has 1 unspecified atom stereocenters. The first-order valence-corrected chi connectivity index (χ1v) is 6.91. The van der Waals surface area contributed by atoms with Crippen molar-refractivity contribution < 1.29 is 18.7 Å². The van der Waals surface area contributed by atoms with E-state index in [0.717, 1.165) is 11.3 Å². The molecule has 22 heavy (non-hydrogen) atoms. The minimum atomic E-state index is -0.631. The Labute approximate surface area is 128 Å². The molecule has 0 aliphatic rings. The minimum absolute atomic E-state index is 0.236. The minimum Gasteiger partial charge on any atom is -0.497 e. The summed E-state index contributed by atoms with van der Waals surface area (Å²) in [7, 11) is 1.58. The Morgan fingerprint density at radius 3 is 2.27 bits per heavy atom. The fourth-order valence-electron chi connectivity index (χ4n) is 1.85. The number of methoxy groups -OCH3 is 1. The van der Waals surface area contributed by atoms with Gasteiger partial charge in [-0.15, -0.1) is 0 Å². The summed E-state index contributed by atoms with van der Waals surface area (Å²) in [4.78, 5) is 12.0. The highest BCUT2D eigenvalue weighted by molar-refractivity contribution is 5.80. The van der Waals surface area contributed by atoms with Gasteiger partial charge in [-0.05, 0) is 48.9 Å². The molecule has 1 N–H and O–H groups in total. The molecule has 4 nitrogen and oxygen atoms in total. The number of ether oxygens (including phenoxy) is 2. The Morgan fingerprint density at radius 1 is 1.09 bits per heavy atom. The van der Waals surface area contributed by atoms with Crippen LogP contribution >= 0.6 is 0 Å². The Bertz CT molecular complexity index is 611. The van der Waals surface area contributed by atoms with Crippen LogP contribution in [0.3, 0.4) is 0 Å². The Hall–Kier alpha value is -2.56.